The average Bonchev–Trinajstić information content (AvgIpc) is 3.18. The lowest BCUT2D eigenvalue weighted by molar-refractivity contribution is 0.0932. The monoisotopic (exact) mass is 235 g/mol. The van der Waals surface area contributed by atoms with Gasteiger partial charge in [-0.15, -0.1) is 0 Å². The predicted octanol–water partition coefficient (Wildman–Crippen LogP) is 1.02. The molecule has 92 valence electrons. The van der Waals surface area contributed by atoms with Crippen LogP contribution in [0, 0.1) is 5.92 Å². The first kappa shape index (κ1) is 12.0. The normalized spacial score (nSPS) is 14.6. The Hall–Kier alpha value is -1.49. The third kappa shape index (κ3) is 4.48. The van der Waals surface area contributed by atoms with E-state index in [1.807, 2.05) is 0 Å². The van der Waals surface area contributed by atoms with Crippen molar-refractivity contribution in [1.82, 2.24) is 15.3 Å². The molecule has 1 fully saturated rings. The second kappa shape index (κ2) is 6.30. The summed E-state index contributed by atoms with van der Waals surface area (Å²) >= 11 is 0. The summed E-state index contributed by atoms with van der Waals surface area (Å²) in [5, 5.41) is 2.78. The number of rotatable bonds is 7. The summed E-state index contributed by atoms with van der Waals surface area (Å²) in [5.41, 5.74) is 0.353. The molecule has 2 rings (SSSR count). The highest BCUT2D eigenvalue weighted by atomic mass is 16.5. The molecule has 1 amide bonds. The number of nitrogens with zero attached hydrogens (tertiary/aromatic N) is 2. The predicted molar refractivity (Wildman–Crippen MR) is 62.5 cm³/mol. The van der Waals surface area contributed by atoms with Crippen LogP contribution in [0.15, 0.2) is 18.6 Å². The van der Waals surface area contributed by atoms with Crippen LogP contribution in [-0.2, 0) is 4.74 Å². The molecule has 0 radical (unpaired) electrons. The summed E-state index contributed by atoms with van der Waals surface area (Å²) in [7, 11) is 0. The van der Waals surface area contributed by atoms with Crippen molar-refractivity contribution in [2.45, 2.75) is 19.3 Å². The van der Waals surface area contributed by atoms with E-state index < -0.39 is 0 Å². The highest BCUT2D eigenvalue weighted by Gasteiger charge is 2.20. The first-order valence-electron chi connectivity index (χ1n) is 5.98. The molecule has 5 nitrogen and oxygen atoms in total. The minimum atomic E-state index is -0.180. The van der Waals surface area contributed by atoms with Crippen molar-refractivity contribution in [3.8, 4) is 0 Å². The van der Waals surface area contributed by atoms with Gasteiger partial charge < -0.3 is 10.1 Å². The van der Waals surface area contributed by atoms with Gasteiger partial charge in [-0.2, -0.15) is 0 Å². The van der Waals surface area contributed by atoms with Crippen LogP contribution >= 0.6 is 0 Å². The van der Waals surface area contributed by atoms with Gasteiger partial charge >= 0.3 is 0 Å². The van der Waals surface area contributed by atoms with Crippen molar-refractivity contribution >= 4 is 5.91 Å². The number of ether oxygens (including phenoxy) is 1. The van der Waals surface area contributed by atoms with Crippen molar-refractivity contribution in [2.75, 3.05) is 19.8 Å². The molecular weight excluding hydrogens is 218 g/mol. The molecule has 17 heavy (non-hydrogen) atoms. The van der Waals surface area contributed by atoms with Gasteiger partial charge in [0.2, 0.25) is 0 Å². The van der Waals surface area contributed by atoms with E-state index in [9.17, 15) is 4.79 Å². The van der Waals surface area contributed by atoms with E-state index in [1.54, 1.807) is 6.20 Å². The molecule has 1 aromatic rings. The van der Waals surface area contributed by atoms with Crippen molar-refractivity contribution in [2.24, 2.45) is 5.92 Å². The van der Waals surface area contributed by atoms with Crippen LogP contribution in [0.25, 0.3) is 0 Å². The van der Waals surface area contributed by atoms with Crippen molar-refractivity contribution < 1.29 is 9.53 Å². The van der Waals surface area contributed by atoms with Crippen LogP contribution in [0.1, 0.15) is 29.8 Å². The number of amides is 1. The SMILES string of the molecule is O=C(NCCCOCC1CC1)c1cnccn1. The highest BCUT2D eigenvalue weighted by Crippen LogP contribution is 2.28. The number of hydrogen-bond acceptors (Lipinski definition) is 4. The third-order valence-corrected chi connectivity index (χ3v) is 2.60. The lowest BCUT2D eigenvalue weighted by atomic mass is 10.4. The number of hydrogen-bond donors (Lipinski definition) is 1. The molecule has 1 aliphatic rings. The van der Waals surface area contributed by atoms with E-state index in [0.717, 1.165) is 18.9 Å². The van der Waals surface area contributed by atoms with Crippen molar-refractivity contribution in [1.29, 1.82) is 0 Å². The fourth-order valence-corrected chi connectivity index (χ4v) is 1.42. The Morgan fingerprint density at radius 2 is 2.35 bits per heavy atom. The van der Waals surface area contributed by atoms with Crippen molar-refractivity contribution in [3.63, 3.8) is 0 Å². The Kier molecular flexibility index (Phi) is 4.44. The first-order valence-corrected chi connectivity index (χ1v) is 5.98. The Morgan fingerprint density at radius 1 is 1.47 bits per heavy atom. The Bertz CT molecular complexity index is 352. The average molecular weight is 235 g/mol. The minimum absolute atomic E-state index is 0.180. The molecule has 0 aliphatic heterocycles. The van der Waals surface area contributed by atoms with E-state index in [-0.39, 0.29) is 5.91 Å². The second-order valence-electron chi connectivity index (χ2n) is 4.22. The third-order valence-electron chi connectivity index (χ3n) is 2.60. The van der Waals surface area contributed by atoms with Gasteiger partial charge in [0.25, 0.3) is 5.91 Å². The zero-order chi connectivity index (χ0) is 11.9. The van der Waals surface area contributed by atoms with Crippen LogP contribution in [0.5, 0.6) is 0 Å². The van der Waals surface area contributed by atoms with Crippen LogP contribution in [-0.4, -0.2) is 35.6 Å². The number of carbonyl (C=O) groups excluding carboxylic acids is 1. The summed E-state index contributed by atoms with van der Waals surface area (Å²) in [4.78, 5) is 19.3. The minimum Gasteiger partial charge on any atom is -0.381 e. The molecular formula is C12H17N3O2. The van der Waals surface area contributed by atoms with Crippen LogP contribution < -0.4 is 5.32 Å². The maximum absolute atomic E-state index is 11.5. The Balaban J connectivity index is 1.53. The summed E-state index contributed by atoms with van der Waals surface area (Å²) in [6.07, 6.45) is 7.96. The van der Waals surface area contributed by atoms with Gasteiger partial charge in [-0.3, -0.25) is 9.78 Å². The number of carbonyl (C=O) groups is 1. The molecule has 1 aromatic heterocycles. The molecule has 1 aliphatic carbocycles. The molecule has 0 spiro atoms. The summed E-state index contributed by atoms with van der Waals surface area (Å²) in [6.45, 7) is 2.19. The van der Waals surface area contributed by atoms with E-state index >= 15 is 0 Å². The van der Waals surface area contributed by atoms with Crippen LogP contribution in [0.3, 0.4) is 0 Å². The molecule has 1 saturated carbocycles. The molecule has 0 atom stereocenters. The van der Waals surface area contributed by atoms with Crippen LogP contribution in [0.2, 0.25) is 0 Å². The van der Waals surface area contributed by atoms with Gasteiger partial charge in [-0.05, 0) is 25.2 Å². The van der Waals surface area contributed by atoms with Gasteiger partial charge in [0.1, 0.15) is 5.69 Å². The van der Waals surface area contributed by atoms with E-state index in [0.29, 0.717) is 18.8 Å². The maximum atomic E-state index is 11.5. The zero-order valence-electron chi connectivity index (χ0n) is 9.76. The quantitative estimate of drug-likeness (QED) is 0.717. The highest BCUT2D eigenvalue weighted by molar-refractivity contribution is 5.91. The molecule has 1 heterocycles. The lowest BCUT2D eigenvalue weighted by Crippen LogP contribution is -2.26. The van der Waals surface area contributed by atoms with Crippen LogP contribution in [0.4, 0.5) is 0 Å². The van der Waals surface area contributed by atoms with E-state index in [2.05, 4.69) is 15.3 Å². The summed E-state index contributed by atoms with van der Waals surface area (Å²) in [6, 6.07) is 0. The zero-order valence-corrected chi connectivity index (χ0v) is 9.76. The van der Waals surface area contributed by atoms with Gasteiger partial charge in [0.15, 0.2) is 0 Å². The van der Waals surface area contributed by atoms with E-state index in [4.69, 9.17) is 4.74 Å². The fourth-order valence-electron chi connectivity index (χ4n) is 1.42. The molecule has 0 bridgehead atoms. The maximum Gasteiger partial charge on any atom is 0.271 e. The largest absolute Gasteiger partial charge is 0.381 e. The van der Waals surface area contributed by atoms with Gasteiger partial charge in [-0.25, -0.2) is 4.98 Å². The van der Waals surface area contributed by atoms with Gasteiger partial charge in [-0.1, -0.05) is 0 Å². The molecule has 0 unspecified atom stereocenters. The Labute approximate surface area is 101 Å². The Morgan fingerprint density at radius 3 is 3.06 bits per heavy atom. The summed E-state index contributed by atoms with van der Waals surface area (Å²) < 4.78 is 5.47. The second-order valence-corrected chi connectivity index (χ2v) is 4.22. The molecule has 0 saturated heterocycles. The van der Waals surface area contributed by atoms with Gasteiger partial charge in [0.05, 0.1) is 6.20 Å². The topological polar surface area (TPSA) is 64.1 Å². The molecule has 0 aromatic carbocycles. The van der Waals surface area contributed by atoms with Gasteiger partial charge in [0, 0.05) is 32.2 Å². The smallest absolute Gasteiger partial charge is 0.271 e. The first-order chi connectivity index (χ1) is 8.36. The fraction of sp³-hybridized carbons (Fsp3) is 0.583. The molecule has 1 N–H and O–H groups in total. The molecule has 5 heteroatoms. The number of nitrogens with one attached hydrogen (secondary N) is 1. The van der Waals surface area contributed by atoms with E-state index in [1.165, 1.54) is 25.2 Å². The number of aromatic nitrogens is 2. The standard InChI is InChI=1S/C12H17N3O2/c16-12(11-8-13-5-6-14-11)15-4-1-7-17-9-10-2-3-10/h5-6,8,10H,1-4,7,9H2,(H,15,16). The lowest BCUT2D eigenvalue weighted by Gasteiger charge is -2.05. The summed E-state index contributed by atoms with van der Waals surface area (Å²) in [5.74, 6) is 0.615. The van der Waals surface area contributed by atoms with Crippen molar-refractivity contribution in [3.05, 3.63) is 24.3 Å².